The van der Waals surface area contributed by atoms with Gasteiger partial charge >= 0.3 is 5.97 Å². The third kappa shape index (κ3) is 5.16. The van der Waals surface area contributed by atoms with Crippen LogP contribution in [0.3, 0.4) is 0 Å². The van der Waals surface area contributed by atoms with Crippen molar-refractivity contribution in [1.82, 2.24) is 4.90 Å². The zero-order valence-electron chi connectivity index (χ0n) is 9.85. The number of hydrogen-bond acceptors (Lipinski definition) is 4. The fourth-order valence-electron chi connectivity index (χ4n) is 1.45. The van der Waals surface area contributed by atoms with Crippen molar-refractivity contribution in [1.29, 1.82) is 0 Å². The van der Waals surface area contributed by atoms with Gasteiger partial charge in [-0.15, -0.1) is 11.3 Å². The normalized spacial score (nSPS) is 12.9. The van der Waals surface area contributed by atoms with E-state index in [2.05, 4.69) is 15.9 Å². The standard InChI is InChI=1S/C11H16BrNO3S/c1-3-16-10(11(14)15)6-13(2)5-9-4-8(12)7-17-9/h4,7,10H,3,5-6H2,1-2H3,(H,14,15). The molecule has 96 valence electrons. The molecule has 1 unspecified atom stereocenters. The monoisotopic (exact) mass is 321 g/mol. The van der Waals surface area contributed by atoms with Crippen molar-refractivity contribution in [3.05, 3.63) is 20.8 Å². The molecule has 0 amide bonds. The SMILES string of the molecule is CCOC(CN(C)Cc1cc(Br)cs1)C(=O)O. The summed E-state index contributed by atoms with van der Waals surface area (Å²) in [5.74, 6) is -0.911. The van der Waals surface area contributed by atoms with E-state index >= 15 is 0 Å². The number of ether oxygens (including phenoxy) is 1. The molecule has 6 heteroatoms. The van der Waals surface area contributed by atoms with E-state index in [1.54, 1.807) is 18.3 Å². The van der Waals surface area contributed by atoms with Gasteiger partial charge in [0.05, 0.1) is 0 Å². The molecule has 0 radical (unpaired) electrons. The Hall–Kier alpha value is -0.430. The van der Waals surface area contributed by atoms with Crippen molar-refractivity contribution >= 4 is 33.2 Å². The Morgan fingerprint density at radius 1 is 1.71 bits per heavy atom. The zero-order chi connectivity index (χ0) is 12.8. The molecule has 1 N–H and O–H groups in total. The molecule has 0 saturated carbocycles. The highest BCUT2D eigenvalue weighted by Gasteiger charge is 2.19. The van der Waals surface area contributed by atoms with Gasteiger partial charge in [-0.05, 0) is 36.0 Å². The number of hydrogen-bond donors (Lipinski definition) is 1. The van der Waals surface area contributed by atoms with E-state index in [1.807, 2.05) is 23.4 Å². The number of nitrogens with zero attached hydrogens (tertiary/aromatic N) is 1. The minimum Gasteiger partial charge on any atom is -0.479 e. The molecule has 4 nitrogen and oxygen atoms in total. The summed E-state index contributed by atoms with van der Waals surface area (Å²) in [5.41, 5.74) is 0. The summed E-state index contributed by atoms with van der Waals surface area (Å²) in [5, 5.41) is 11.0. The smallest absolute Gasteiger partial charge is 0.334 e. The van der Waals surface area contributed by atoms with Crippen molar-refractivity contribution in [2.75, 3.05) is 20.2 Å². The van der Waals surface area contributed by atoms with Crippen LogP contribution in [0.25, 0.3) is 0 Å². The Balaban J connectivity index is 2.47. The molecule has 0 aliphatic heterocycles. The Bertz CT molecular complexity index is 369. The second kappa shape index (κ2) is 7.10. The van der Waals surface area contributed by atoms with Gasteiger partial charge in [0, 0.05) is 34.4 Å². The van der Waals surface area contributed by atoms with Crippen LogP contribution >= 0.6 is 27.3 Å². The molecule has 0 aliphatic rings. The van der Waals surface area contributed by atoms with Crippen LogP contribution in [-0.4, -0.2) is 42.3 Å². The van der Waals surface area contributed by atoms with Gasteiger partial charge in [-0.1, -0.05) is 0 Å². The first-order valence-corrected chi connectivity index (χ1v) is 6.96. The molecule has 0 bridgehead atoms. The maximum absolute atomic E-state index is 10.9. The van der Waals surface area contributed by atoms with Crippen LogP contribution in [0, 0.1) is 0 Å². The number of thiophene rings is 1. The molecular formula is C11H16BrNO3S. The van der Waals surface area contributed by atoms with E-state index in [0.29, 0.717) is 13.2 Å². The number of halogens is 1. The predicted octanol–water partition coefficient (Wildman–Crippen LogP) is 2.43. The van der Waals surface area contributed by atoms with Gasteiger partial charge in [-0.25, -0.2) is 4.79 Å². The Labute approximate surface area is 113 Å². The molecule has 0 saturated heterocycles. The lowest BCUT2D eigenvalue weighted by Crippen LogP contribution is -2.36. The van der Waals surface area contributed by atoms with Gasteiger partial charge in [-0.2, -0.15) is 0 Å². The summed E-state index contributed by atoms with van der Waals surface area (Å²) in [6.45, 7) is 3.33. The van der Waals surface area contributed by atoms with Gasteiger partial charge in [0.25, 0.3) is 0 Å². The first kappa shape index (κ1) is 14.6. The number of likely N-dealkylation sites (N-methyl/N-ethyl adjacent to an activating group) is 1. The van der Waals surface area contributed by atoms with Crippen molar-refractivity contribution in [2.24, 2.45) is 0 Å². The van der Waals surface area contributed by atoms with E-state index in [-0.39, 0.29) is 0 Å². The third-order valence-corrected chi connectivity index (χ3v) is 3.85. The highest BCUT2D eigenvalue weighted by atomic mass is 79.9. The average Bonchev–Trinajstić information content (AvgIpc) is 2.63. The largest absolute Gasteiger partial charge is 0.479 e. The van der Waals surface area contributed by atoms with Crippen LogP contribution in [0.1, 0.15) is 11.8 Å². The Morgan fingerprint density at radius 2 is 2.41 bits per heavy atom. The average molecular weight is 322 g/mol. The molecule has 0 fully saturated rings. The first-order chi connectivity index (χ1) is 8.02. The van der Waals surface area contributed by atoms with Crippen LogP contribution in [-0.2, 0) is 16.1 Å². The predicted molar refractivity (Wildman–Crippen MR) is 71.4 cm³/mol. The maximum Gasteiger partial charge on any atom is 0.334 e. The molecular weight excluding hydrogens is 306 g/mol. The number of carboxylic acid groups (broad SMARTS) is 1. The molecule has 0 aliphatic carbocycles. The minimum absolute atomic E-state index is 0.388. The van der Waals surface area contributed by atoms with Crippen LogP contribution in [0.4, 0.5) is 0 Å². The van der Waals surface area contributed by atoms with Gasteiger partial charge < -0.3 is 9.84 Å². The summed E-state index contributed by atoms with van der Waals surface area (Å²) >= 11 is 5.04. The Kier molecular flexibility index (Phi) is 6.11. The molecule has 0 spiro atoms. The summed E-state index contributed by atoms with van der Waals surface area (Å²) in [7, 11) is 1.89. The third-order valence-electron chi connectivity index (χ3n) is 2.17. The summed E-state index contributed by atoms with van der Waals surface area (Å²) in [4.78, 5) is 14.1. The topological polar surface area (TPSA) is 49.8 Å². The van der Waals surface area contributed by atoms with E-state index in [0.717, 1.165) is 11.0 Å². The van der Waals surface area contributed by atoms with Crippen LogP contribution in [0.15, 0.2) is 15.9 Å². The lowest BCUT2D eigenvalue weighted by molar-refractivity contribution is -0.151. The van der Waals surface area contributed by atoms with Crippen molar-refractivity contribution < 1.29 is 14.6 Å². The van der Waals surface area contributed by atoms with Crippen LogP contribution in [0.5, 0.6) is 0 Å². The fraction of sp³-hybridized carbons (Fsp3) is 0.545. The highest BCUT2D eigenvalue weighted by molar-refractivity contribution is 9.10. The summed E-state index contributed by atoms with van der Waals surface area (Å²) in [6, 6.07) is 2.04. The van der Waals surface area contributed by atoms with Crippen molar-refractivity contribution in [3.8, 4) is 0 Å². The fourth-order valence-corrected chi connectivity index (χ4v) is 2.98. The van der Waals surface area contributed by atoms with Crippen LogP contribution < -0.4 is 0 Å². The van der Waals surface area contributed by atoms with Gasteiger partial charge in [-0.3, -0.25) is 4.90 Å². The van der Waals surface area contributed by atoms with E-state index in [1.165, 1.54) is 4.88 Å². The van der Waals surface area contributed by atoms with Gasteiger partial charge in [0.1, 0.15) is 0 Å². The van der Waals surface area contributed by atoms with Crippen LogP contribution in [0.2, 0.25) is 0 Å². The van der Waals surface area contributed by atoms with Crippen molar-refractivity contribution in [3.63, 3.8) is 0 Å². The number of aliphatic carboxylic acids is 1. The maximum atomic E-state index is 10.9. The van der Waals surface area contributed by atoms with Crippen molar-refractivity contribution in [2.45, 2.75) is 19.6 Å². The van der Waals surface area contributed by atoms with Gasteiger partial charge in [0.2, 0.25) is 0 Å². The lowest BCUT2D eigenvalue weighted by Gasteiger charge is -2.20. The molecule has 1 rings (SSSR count). The second-order valence-corrected chi connectivity index (χ2v) is 5.62. The highest BCUT2D eigenvalue weighted by Crippen LogP contribution is 2.20. The van der Waals surface area contributed by atoms with E-state index in [9.17, 15) is 4.79 Å². The number of carbonyl (C=O) groups is 1. The minimum atomic E-state index is -0.911. The second-order valence-electron chi connectivity index (χ2n) is 3.71. The summed E-state index contributed by atoms with van der Waals surface area (Å²) < 4.78 is 6.23. The number of carboxylic acids is 1. The van der Waals surface area contributed by atoms with E-state index in [4.69, 9.17) is 9.84 Å². The van der Waals surface area contributed by atoms with Gasteiger partial charge in [0.15, 0.2) is 6.10 Å². The summed E-state index contributed by atoms with van der Waals surface area (Å²) in [6.07, 6.45) is -0.756. The quantitative estimate of drug-likeness (QED) is 0.838. The molecule has 1 atom stereocenters. The zero-order valence-corrected chi connectivity index (χ0v) is 12.3. The number of rotatable bonds is 7. The Morgan fingerprint density at radius 3 is 2.88 bits per heavy atom. The molecule has 0 aromatic carbocycles. The molecule has 1 aromatic rings. The lowest BCUT2D eigenvalue weighted by atomic mass is 10.3. The molecule has 17 heavy (non-hydrogen) atoms. The molecule has 1 aromatic heterocycles. The first-order valence-electron chi connectivity index (χ1n) is 5.28. The molecule has 1 heterocycles. The van der Waals surface area contributed by atoms with E-state index < -0.39 is 12.1 Å².